The Balaban J connectivity index is 1.88. The molecule has 122 valence electrons. The van der Waals surface area contributed by atoms with Crippen LogP contribution in [0.2, 0.25) is 0 Å². The van der Waals surface area contributed by atoms with E-state index in [4.69, 9.17) is 10.7 Å². The predicted molar refractivity (Wildman–Crippen MR) is 77.5 cm³/mol. The lowest BCUT2D eigenvalue weighted by Crippen LogP contribution is -2.43. The summed E-state index contributed by atoms with van der Waals surface area (Å²) in [6.45, 7) is 0. The van der Waals surface area contributed by atoms with Gasteiger partial charge in [-0.3, -0.25) is 10.3 Å². The van der Waals surface area contributed by atoms with E-state index in [0.717, 1.165) is 17.0 Å². The van der Waals surface area contributed by atoms with E-state index in [0.29, 0.717) is 17.3 Å². The Bertz CT molecular complexity index is 831. The van der Waals surface area contributed by atoms with Crippen LogP contribution in [-0.4, -0.2) is 22.9 Å². The minimum absolute atomic E-state index is 0.0726. The molecule has 2 aliphatic rings. The van der Waals surface area contributed by atoms with E-state index in [1.54, 1.807) is 0 Å². The van der Waals surface area contributed by atoms with E-state index in [1.807, 2.05) is 6.07 Å². The van der Waals surface area contributed by atoms with Gasteiger partial charge in [-0.2, -0.15) is 5.26 Å². The molecule has 2 N–H and O–H groups in total. The van der Waals surface area contributed by atoms with Crippen LogP contribution in [-0.2, 0) is 0 Å². The monoisotopic (exact) mass is 332 g/mol. The van der Waals surface area contributed by atoms with E-state index in [9.17, 15) is 18.0 Å². The lowest BCUT2D eigenvalue weighted by Gasteiger charge is -2.25. The Hall–Kier alpha value is -3.04. The second kappa shape index (κ2) is 5.87. The first-order chi connectivity index (χ1) is 11.4. The fourth-order valence-electron chi connectivity index (χ4n) is 2.71. The van der Waals surface area contributed by atoms with Crippen molar-refractivity contribution in [3.8, 4) is 6.07 Å². The topological polar surface area (TPSA) is 80.0 Å². The van der Waals surface area contributed by atoms with Crippen LogP contribution in [0.5, 0.6) is 0 Å². The van der Waals surface area contributed by atoms with Crippen molar-refractivity contribution >= 4 is 11.9 Å². The van der Waals surface area contributed by atoms with Gasteiger partial charge in [0.05, 0.1) is 17.3 Å². The van der Waals surface area contributed by atoms with Crippen LogP contribution < -0.4 is 5.32 Å². The number of urea groups is 1. The molecule has 1 saturated heterocycles. The molecule has 2 amide bonds. The minimum Gasteiger partial charge on any atom is -0.304 e. The van der Waals surface area contributed by atoms with Gasteiger partial charge in [-0.1, -0.05) is 5.73 Å². The molecule has 0 saturated carbocycles. The number of nitrogens with one attached hydrogen (secondary N) is 2. The van der Waals surface area contributed by atoms with Gasteiger partial charge in [0.25, 0.3) is 0 Å². The van der Waals surface area contributed by atoms with E-state index >= 15 is 0 Å². The van der Waals surface area contributed by atoms with Gasteiger partial charge in [0, 0.05) is 18.9 Å². The van der Waals surface area contributed by atoms with E-state index < -0.39 is 35.7 Å². The number of benzene rings is 1. The quantitative estimate of drug-likeness (QED) is 0.816. The summed E-state index contributed by atoms with van der Waals surface area (Å²) >= 11 is 0. The molecule has 1 aliphatic heterocycles. The highest BCUT2D eigenvalue weighted by Gasteiger charge is 2.42. The lowest BCUT2D eigenvalue weighted by atomic mass is 10.0. The van der Waals surface area contributed by atoms with Gasteiger partial charge in [0.15, 0.2) is 6.17 Å². The van der Waals surface area contributed by atoms with Crippen molar-refractivity contribution in [2.45, 2.75) is 25.1 Å². The number of carbonyl (C=O) groups is 1. The molecule has 1 fully saturated rings. The molecule has 5 nitrogen and oxygen atoms in total. The van der Waals surface area contributed by atoms with Crippen LogP contribution in [0.4, 0.5) is 18.0 Å². The zero-order chi connectivity index (χ0) is 17.4. The molecule has 24 heavy (non-hydrogen) atoms. The second-order valence-corrected chi connectivity index (χ2v) is 5.48. The third-order valence-corrected chi connectivity index (χ3v) is 3.83. The fourth-order valence-corrected chi connectivity index (χ4v) is 2.71. The molecule has 1 unspecified atom stereocenters. The van der Waals surface area contributed by atoms with Crippen LogP contribution in [0.25, 0.3) is 0 Å². The second-order valence-electron chi connectivity index (χ2n) is 5.48. The van der Waals surface area contributed by atoms with Crippen molar-refractivity contribution < 1.29 is 18.0 Å². The largest absolute Gasteiger partial charge is 0.328 e. The number of halogens is 3. The molecule has 0 bridgehead atoms. The van der Waals surface area contributed by atoms with Crippen molar-refractivity contribution in [1.82, 2.24) is 10.2 Å². The standard InChI is InChI=1S/C16H11F3N4O/c17-10-3-9(4-11(18)5-10)14-6-13(19)15(21)23(14)16(24)22-12-1-8(2-12)7-20/h3-5,13-14,21H,1,6H2,(H,22,24)/t13?,14-/m0/s1. The van der Waals surface area contributed by atoms with Crippen LogP contribution >= 0.6 is 0 Å². The van der Waals surface area contributed by atoms with Gasteiger partial charge < -0.3 is 5.32 Å². The molecular formula is C16H11F3N4O. The van der Waals surface area contributed by atoms with Crippen LogP contribution in [0, 0.1) is 28.4 Å². The molecule has 8 heteroatoms. The first-order valence-corrected chi connectivity index (χ1v) is 7.06. The SMILES string of the molecule is N#CC1=C=C(NC(=O)N2C(=N)C(F)C[C@H]2c2cc(F)cc(F)c2)C1. The summed E-state index contributed by atoms with van der Waals surface area (Å²) in [4.78, 5) is 13.2. The van der Waals surface area contributed by atoms with E-state index in [2.05, 4.69) is 11.0 Å². The van der Waals surface area contributed by atoms with Crippen LogP contribution in [0.3, 0.4) is 0 Å². The Kier molecular flexibility index (Phi) is 3.87. The average Bonchev–Trinajstić information content (AvgIpc) is 2.77. The Morgan fingerprint density at radius 2 is 2.00 bits per heavy atom. The van der Waals surface area contributed by atoms with Gasteiger partial charge in [-0.05, 0) is 17.7 Å². The van der Waals surface area contributed by atoms with Crippen molar-refractivity contribution in [2.75, 3.05) is 0 Å². The van der Waals surface area contributed by atoms with Gasteiger partial charge in [-0.25, -0.2) is 18.0 Å². The number of hydrogen-bond donors (Lipinski definition) is 2. The summed E-state index contributed by atoms with van der Waals surface area (Å²) < 4.78 is 40.7. The number of rotatable bonds is 2. The number of amides is 2. The third kappa shape index (κ3) is 2.77. The van der Waals surface area contributed by atoms with Crippen LogP contribution in [0.15, 0.2) is 35.2 Å². The molecule has 1 aliphatic carbocycles. The first kappa shape index (κ1) is 15.8. The maximum absolute atomic E-state index is 13.9. The zero-order valence-corrected chi connectivity index (χ0v) is 12.2. The molecule has 1 heterocycles. The van der Waals surface area contributed by atoms with Crippen molar-refractivity contribution in [1.29, 1.82) is 10.7 Å². The smallest absolute Gasteiger partial charge is 0.304 e. The molecule has 2 atom stereocenters. The van der Waals surface area contributed by atoms with E-state index in [1.165, 1.54) is 0 Å². The number of likely N-dealkylation sites (tertiary alicyclic amines) is 1. The summed E-state index contributed by atoms with van der Waals surface area (Å²) in [7, 11) is 0. The predicted octanol–water partition coefficient (Wildman–Crippen LogP) is 3.07. The number of hydrogen-bond acceptors (Lipinski definition) is 3. The highest BCUT2D eigenvalue weighted by Crippen LogP contribution is 2.35. The average molecular weight is 332 g/mol. The fraction of sp³-hybridized carbons (Fsp3) is 0.250. The molecule has 0 radical (unpaired) electrons. The minimum atomic E-state index is -1.72. The summed E-state index contributed by atoms with van der Waals surface area (Å²) in [6, 6.07) is 2.78. The third-order valence-electron chi connectivity index (χ3n) is 3.83. The number of nitriles is 1. The van der Waals surface area contributed by atoms with Gasteiger partial charge in [-0.15, -0.1) is 0 Å². The molecule has 1 aromatic rings. The van der Waals surface area contributed by atoms with E-state index in [-0.39, 0.29) is 18.4 Å². The Morgan fingerprint density at radius 3 is 2.58 bits per heavy atom. The maximum Gasteiger partial charge on any atom is 0.328 e. The highest BCUT2D eigenvalue weighted by molar-refractivity contribution is 6.01. The summed E-state index contributed by atoms with van der Waals surface area (Å²) in [5.74, 6) is -2.27. The summed E-state index contributed by atoms with van der Waals surface area (Å²) in [5, 5.41) is 18.8. The molecule has 0 aromatic heterocycles. The summed E-state index contributed by atoms with van der Waals surface area (Å²) in [6.07, 6.45) is -1.75. The Labute approximate surface area is 135 Å². The van der Waals surface area contributed by atoms with Gasteiger partial charge in [0.1, 0.15) is 23.5 Å². The number of nitrogens with zero attached hydrogens (tertiary/aromatic N) is 2. The first-order valence-electron chi connectivity index (χ1n) is 7.06. The lowest BCUT2D eigenvalue weighted by molar-refractivity contribution is 0.214. The number of alkyl halides is 1. The van der Waals surface area contributed by atoms with Gasteiger partial charge >= 0.3 is 6.03 Å². The van der Waals surface area contributed by atoms with Crippen molar-refractivity contribution in [2.24, 2.45) is 0 Å². The number of amidine groups is 1. The normalized spacial score (nSPS) is 22.4. The maximum atomic E-state index is 13.9. The Morgan fingerprint density at radius 1 is 1.38 bits per heavy atom. The molecular weight excluding hydrogens is 321 g/mol. The molecule has 1 aromatic carbocycles. The number of carbonyl (C=O) groups excluding carboxylic acids is 1. The zero-order valence-electron chi connectivity index (χ0n) is 12.2. The van der Waals surface area contributed by atoms with Gasteiger partial charge in [0.2, 0.25) is 0 Å². The molecule has 0 spiro atoms. The summed E-state index contributed by atoms with van der Waals surface area (Å²) in [5.41, 5.74) is 3.40. The van der Waals surface area contributed by atoms with Crippen molar-refractivity contribution in [3.05, 3.63) is 52.4 Å². The van der Waals surface area contributed by atoms with Crippen molar-refractivity contribution in [3.63, 3.8) is 0 Å². The highest BCUT2D eigenvalue weighted by atomic mass is 19.1. The molecule has 3 rings (SSSR count). The van der Waals surface area contributed by atoms with Crippen LogP contribution in [0.1, 0.15) is 24.4 Å².